The average Bonchev–Trinajstić information content (AvgIpc) is 2.94. The van der Waals surface area contributed by atoms with E-state index in [4.69, 9.17) is 10.5 Å². The normalized spacial score (nSPS) is 25.6. The van der Waals surface area contributed by atoms with Crippen molar-refractivity contribution in [1.82, 2.24) is 15.2 Å². The van der Waals surface area contributed by atoms with Gasteiger partial charge in [-0.25, -0.2) is 4.98 Å². The Morgan fingerprint density at radius 2 is 2.48 bits per heavy atom. The maximum absolute atomic E-state index is 12.2. The first-order chi connectivity index (χ1) is 10.1. The second-order valence-electron chi connectivity index (χ2n) is 5.54. The molecule has 2 fully saturated rings. The number of amides is 1. The summed E-state index contributed by atoms with van der Waals surface area (Å²) in [6.07, 6.45) is 4.08. The van der Waals surface area contributed by atoms with E-state index in [0.717, 1.165) is 24.2 Å². The monoisotopic (exact) mass is 354 g/mol. The van der Waals surface area contributed by atoms with Gasteiger partial charge in [-0.1, -0.05) is 0 Å². The van der Waals surface area contributed by atoms with Crippen LogP contribution in [0.4, 0.5) is 5.82 Å². The SMILES string of the molecule is Nc1ncc(Br)cc1C(=O)NCC1CN2CCCC2CO1. The van der Waals surface area contributed by atoms with Gasteiger partial charge >= 0.3 is 0 Å². The van der Waals surface area contributed by atoms with Gasteiger partial charge in [0.1, 0.15) is 5.82 Å². The predicted molar refractivity (Wildman–Crippen MR) is 83.0 cm³/mol. The number of hydrogen-bond acceptors (Lipinski definition) is 5. The van der Waals surface area contributed by atoms with Crippen LogP contribution in [0.2, 0.25) is 0 Å². The zero-order chi connectivity index (χ0) is 14.8. The van der Waals surface area contributed by atoms with E-state index in [-0.39, 0.29) is 17.8 Å². The van der Waals surface area contributed by atoms with Gasteiger partial charge in [-0.15, -0.1) is 0 Å². The number of pyridine rings is 1. The minimum Gasteiger partial charge on any atom is -0.383 e. The van der Waals surface area contributed by atoms with Crippen LogP contribution in [-0.4, -0.2) is 54.2 Å². The molecule has 1 amide bonds. The third-order valence-electron chi connectivity index (χ3n) is 4.08. The second kappa shape index (κ2) is 6.29. The number of nitrogens with one attached hydrogen (secondary N) is 1. The lowest BCUT2D eigenvalue weighted by molar-refractivity contribution is -0.0461. The van der Waals surface area contributed by atoms with Gasteiger partial charge in [0.2, 0.25) is 0 Å². The number of fused-ring (bicyclic) bond motifs is 1. The molecule has 1 aromatic heterocycles. The fourth-order valence-corrected chi connectivity index (χ4v) is 3.27. The van der Waals surface area contributed by atoms with E-state index < -0.39 is 0 Å². The molecule has 2 aliphatic rings. The molecule has 0 aliphatic carbocycles. The molecule has 0 saturated carbocycles. The summed E-state index contributed by atoms with van der Waals surface area (Å²) >= 11 is 3.29. The number of ether oxygens (including phenoxy) is 1. The van der Waals surface area contributed by atoms with Crippen LogP contribution in [0.5, 0.6) is 0 Å². The first-order valence-corrected chi connectivity index (χ1v) is 7.97. The number of nitrogens with two attached hydrogens (primary N) is 1. The highest BCUT2D eigenvalue weighted by atomic mass is 79.9. The second-order valence-corrected chi connectivity index (χ2v) is 6.46. The summed E-state index contributed by atoms with van der Waals surface area (Å²) in [5.74, 6) is 0.0216. The quantitative estimate of drug-likeness (QED) is 0.846. The number of nitrogen functional groups attached to an aromatic ring is 1. The van der Waals surface area contributed by atoms with E-state index in [0.29, 0.717) is 18.2 Å². The molecule has 0 spiro atoms. The van der Waals surface area contributed by atoms with Gasteiger partial charge < -0.3 is 15.8 Å². The van der Waals surface area contributed by atoms with E-state index >= 15 is 0 Å². The molecule has 2 aliphatic heterocycles. The van der Waals surface area contributed by atoms with Crippen LogP contribution in [0, 0.1) is 0 Å². The van der Waals surface area contributed by atoms with Crippen molar-refractivity contribution in [3.05, 3.63) is 22.3 Å². The number of carbonyl (C=O) groups excluding carboxylic acids is 1. The molecule has 2 saturated heterocycles. The van der Waals surface area contributed by atoms with Crippen molar-refractivity contribution in [1.29, 1.82) is 0 Å². The number of carbonyl (C=O) groups is 1. The molecule has 6 nitrogen and oxygen atoms in total. The molecule has 0 radical (unpaired) electrons. The molecule has 7 heteroatoms. The third kappa shape index (κ3) is 3.36. The lowest BCUT2D eigenvalue weighted by Gasteiger charge is -2.35. The van der Waals surface area contributed by atoms with Gasteiger partial charge in [0.05, 0.1) is 18.3 Å². The Balaban J connectivity index is 1.55. The van der Waals surface area contributed by atoms with Crippen LogP contribution >= 0.6 is 15.9 Å². The highest BCUT2D eigenvalue weighted by molar-refractivity contribution is 9.10. The van der Waals surface area contributed by atoms with Crippen molar-refractivity contribution >= 4 is 27.7 Å². The third-order valence-corrected chi connectivity index (χ3v) is 4.52. The number of anilines is 1. The molecule has 3 rings (SSSR count). The maximum Gasteiger partial charge on any atom is 0.255 e. The first-order valence-electron chi connectivity index (χ1n) is 7.18. The highest BCUT2D eigenvalue weighted by Crippen LogP contribution is 2.22. The predicted octanol–water partition coefficient (Wildman–Crippen LogP) is 1.02. The Morgan fingerprint density at radius 1 is 1.62 bits per heavy atom. The van der Waals surface area contributed by atoms with Crippen LogP contribution in [0.3, 0.4) is 0 Å². The Kier molecular flexibility index (Phi) is 4.42. The largest absolute Gasteiger partial charge is 0.383 e. The van der Waals surface area contributed by atoms with Crippen LogP contribution in [-0.2, 0) is 4.74 Å². The smallest absolute Gasteiger partial charge is 0.255 e. The fraction of sp³-hybridized carbons (Fsp3) is 0.571. The molecule has 1 aromatic rings. The molecule has 3 N–H and O–H groups in total. The standard InChI is InChI=1S/C14H19BrN4O2/c15-9-4-12(13(16)17-5-9)14(20)18-6-11-7-19-3-1-2-10(19)8-21-11/h4-5,10-11H,1-3,6-8H2,(H2,16,17)(H,18,20). The van der Waals surface area contributed by atoms with Gasteiger partial charge in [-0.05, 0) is 41.4 Å². The van der Waals surface area contributed by atoms with E-state index in [1.54, 1.807) is 12.3 Å². The number of halogens is 1. The van der Waals surface area contributed by atoms with Crippen molar-refractivity contribution in [3.63, 3.8) is 0 Å². The Hall–Kier alpha value is -1.18. The molecular formula is C14H19BrN4O2. The summed E-state index contributed by atoms with van der Waals surface area (Å²) < 4.78 is 6.55. The van der Waals surface area contributed by atoms with Crippen molar-refractivity contribution in [2.24, 2.45) is 0 Å². The Bertz CT molecular complexity index is 540. The first kappa shape index (κ1) is 14.7. The van der Waals surface area contributed by atoms with Gasteiger partial charge in [-0.2, -0.15) is 0 Å². The zero-order valence-electron chi connectivity index (χ0n) is 11.7. The van der Waals surface area contributed by atoms with E-state index in [9.17, 15) is 4.79 Å². The fourth-order valence-electron chi connectivity index (χ4n) is 2.94. The molecule has 114 valence electrons. The van der Waals surface area contributed by atoms with Gasteiger partial charge in [-0.3, -0.25) is 9.69 Å². The summed E-state index contributed by atoms with van der Waals surface area (Å²) in [5, 5.41) is 2.89. The summed E-state index contributed by atoms with van der Waals surface area (Å²) in [5.41, 5.74) is 6.13. The molecule has 21 heavy (non-hydrogen) atoms. The summed E-state index contributed by atoms with van der Waals surface area (Å²) in [6, 6.07) is 2.25. The van der Waals surface area contributed by atoms with Crippen LogP contribution in [0.25, 0.3) is 0 Å². The Morgan fingerprint density at radius 3 is 3.33 bits per heavy atom. The zero-order valence-corrected chi connectivity index (χ0v) is 13.3. The molecule has 0 bridgehead atoms. The van der Waals surface area contributed by atoms with Crippen molar-refractivity contribution < 1.29 is 9.53 Å². The van der Waals surface area contributed by atoms with Crippen molar-refractivity contribution in [3.8, 4) is 0 Å². The van der Waals surface area contributed by atoms with Crippen LogP contribution < -0.4 is 11.1 Å². The van der Waals surface area contributed by atoms with E-state index in [2.05, 4.69) is 31.1 Å². The Labute approximate surface area is 132 Å². The van der Waals surface area contributed by atoms with Gasteiger partial charge in [0.25, 0.3) is 5.91 Å². The molecule has 2 unspecified atom stereocenters. The maximum atomic E-state index is 12.2. The number of hydrogen-bond donors (Lipinski definition) is 2. The minimum atomic E-state index is -0.214. The van der Waals surface area contributed by atoms with Crippen LogP contribution in [0.15, 0.2) is 16.7 Å². The summed E-state index contributed by atoms with van der Waals surface area (Å²) in [6.45, 7) is 3.28. The van der Waals surface area contributed by atoms with E-state index in [1.165, 1.54) is 12.8 Å². The molecule has 3 heterocycles. The number of aromatic nitrogens is 1. The lowest BCUT2D eigenvalue weighted by Crippen LogP contribution is -2.50. The van der Waals surface area contributed by atoms with Crippen molar-refractivity contribution in [2.75, 3.05) is 32.0 Å². The van der Waals surface area contributed by atoms with Crippen molar-refractivity contribution in [2.45, 2.75) is 25.0 Å². The van der Waals surface area contributed by atoms with Crippen LogP contribution in [0.1, 0.15) is 23.2 Å². The topological polar surface area (TPSA) is 80.5 Å². The number of morpholine rings is 1. The molecular weight excluding hydrogens is 336 g/mol. The summed E-state index contributed by atoms with van der Waals surface area (Å²) in [7, 11) is 0. The number of nitrogens with zero attached hydrogens (tertiary/aromatic N) is 2. The number of rotatable bonds is 3. The molecule has 0 aromatic carbocycles. The lowest BCUT2D eigenvalue weighted by atomic mass is 10.2. The molecule has 2 atom stereocenters. The minimum absolute atomic E-state index is 0.0460. The summed E-state index contributed by atoms with van der Waals surface area (Å²) in [4.78, 5) is 18.6. The van der Waals surface area contributed by atoms with Gasteiger partial charge in [0.15, 0.2) is 0 Å². The average molecular weight is 355 g/mol. The van der Waals surface area contributed by atoms with E-state index in [1.807, 2.05) is 0 Å². The van der Waals surface area contributed by atoms with Gasteiger partial charge in [0, 0.05) is 29.8 Å². The highest BCUT2D eigenvalue weighted by Gasteiger charge is 2.32.